The predicted molar refractivity (Wildman–Crippen MR) is 67.4 cm³/mol. The number of amides is 1. The maximum Gasteiger partial charge on any atom is 0.229 e. The van der Waals surface area contributed by atoms with Crippen LogP contribution >= 0.6 is 0 Å². The Morgan fingerprint density at radius 2 is 1.71 bits per heavy atom. The van der Waals surface area contributed by atoms with Crippen molar-refractivity contribution in [3.63, 3.8) is 0 Å². The highest BCUT2D eigenvalue weighted by Crippen LogP contribution is 2.44. The number of hydrogen-bond acceptors (Lipinski definition) is 2. The van der Waals surface area contributed by atoms with Crippen molar-refractivity contribution in [3.05, 3.63) is 0 Å². The van der Waals surface area contributed by atoms with Crippen molar-refractivity contribution in [2.24, 2.45) is 11.1 Å². The molecule has 2 bridgehead atoms. The number of fused-ring (bicyclic) bond motifs is 2. The van der Waals surface area contributed by atoms with Crippen molar-refractivity contribution < 1.29 is 4.79 Å². The van der Waals surface area contributed by atoms with Gasteiger partial charge in [0.15, 0.2) is 0 Å². The summed E-state index contributed by atoms with van der Waals surface area (Å²) in [5, 5.41) is 0. The van der Waals surface area contributed by atoms with Crippen LogP contribution in [-0.4, -0.2) is 28.9 Å². The molecule has 3 aliphatic rings. The molecule has 0 radical (unpaired) electrons. The van der Waals surface area contributed by atoms with Gasteiger partial charge in [0, 0.05) is 23.5 Å². The lowest BCUT2D eigenvalue weighted by molar-refractivity contribution is -0.145. The topological polar surface area (TPSA) is 46.3 Å². The number of hydrogen-bond donors (Lipinski definition) is 1. The smallest absolute Gasteiger partial charge is 0.229 e. The number of nitrogens with two attached hydrogens (primary N) is 1. The van der Waals surface area contributed by atoms with Crippen LogP contribution in [0.15, 0.2) is 0 Å². The average Bonchev–Trinajstić information content (AvgIpc) is 2.82. The zero-order valence-corrected chi connectivity index (χ0v) is 10.8. The number of rotatable bonds is 1. The Kier molecular flexibility index (Phi) is 2.69. The molecule has 2 saturated heterocycles. The van der Waals surface area contributed by atoms with Crippen LogP contribution in [0.3, 0.4) is 0 Å². The fourth-order valence-electron chi connectivity index (χ4n) is 4.23. The van der Waals surface area contributed by atoms with Gasteiger partial charge in [-0.05, 0) is 38.5 Å². The van der Waals surface area contributed by atoms with Gasteiger partial charge in [-0.15, -0.1) is 0 Å². The number of piperidine rings is 1. The highest BCUT2D eigenvalue weighted by Gasteiger charge is 2.48. The lowest BCUT2D eigenvalue weighted by atomic mass is 9.85. The van der Waals surface area contributed by atoms with E-state index in [1.807, 2.05) is 0 Å². The van der Waals surface area contributed by atoms with Gasteiger partial charge >= 0.3 is 0 Å². The Labute approximate surface area is 104 Å². The summed E-state index contributed by atoms with van der Waals surface area (Å²) in [6.45, 7) is 2.18. The zero-order valence-electron chi connectivity index (χ0n) is 10.8. The van der Waals surface area contributed by atoms with Crippen molar-refractivity contribution >= 4 is 5.91 Å². The minimum absolute atomic E-state index is 0.0533. The second-order valence-corrected chi connectivity index (χ2v) is 6.60. The normalized spacial score (nSPS) is 39.6. The van der Waals surface area contributed by atoms with Gasteiger partial charge in [0.1, 0.15) is 0 Å². The van der Waals surface area contributed by atoms with Crippen LogP contribution in [0.25, 0.3) is 0 Å². The van der Waals surface area contributed by atoms with E-state index < -0.39 is 0 Å². The van der Waals surface area contributed by atoms with E-state index in [2.05, 4.69) is 11.8 Å². The zero-order chi connectivity index (χ0) is 12.0. The second kappa shape index (κ2) is 3.98. The maximum absolute atomic E-state index is 12.8. The average molecular weight is 236 g/mol. The van der Waals surface area contributed by atoms with Crippen LogP contribution in [0.4, 0.5) is 0 Å². The summed E-state index contributed by atoms with van der Waals surface area (Å²) in [6, 6.07) is 1.23. The Bertz CT molecular complexity index is 308. The first-order chi connectivity index (χ1) is 8.10. The van der Waals surface area contributed by atoms with Crippen molar-refractivity contribution in [1.29, 1.82) is 0 Å². The van der Waals surface area contributed by atoms with Gasteiger partial charge in [-0.3, -0.25) is 4.79 Å². The molecule has 0 aromatic rings. The molecule has 3 rings (SSSR count). The monoisotopic (exact) mass is 236 g/mol. The highest BCUT2D eigenvalue weighted by molar-refractivity contribution is 5.83. The maximum atomic E-state index is 12.8. The van der Waals surface area contributed by atoms with E-state index in [0.717, 1.165) is 25.7 Å². The van der Waals surface area contributed by atoms with Gasteiger partial charge < -0.3 is 10.6 Å². The standard InChI is InChI=1S/C14H24N2O/c1-14(6-2-3-7-14)13(17)16-11-4-5-12(16)9-10(15)8-11/h10-12H,2-9,15H2,1H3. The van der Waals surface area contributed by atoms with Gasteiger partial charge in [-0.25, -0.2) is 0 Å². The quantitative estimate of drug-likeness (QED) is 0.757. The van der Waals surface area contributed by atoms with Crippen molar-refractivity contribution in [2.45, 2.75) is 76.4 Å². The van der Waals surface area contributed by atoms with E-state index in [4.69, 9.17) is 5.73 Å². The van der Waals surface area contributed by atoms with Crippen molar-refractivity contribution in [2.75, 3.05) is 0 Å². The van der Waals surface area contributed by atoms with Gasteiger partial charge in [0.25, 0.3) is 0 Å². The molecule has 2 atom stereocenters. The molecule has 3 nitrogen and oxygen atoms in total. The molecule has 96 valence electrons. The summed E-state index contributed by atoms with van der Waals surface area (Å²) in [5.41, 5.74) is 6.01. The first kappa shape index (κ1) is 11.5. The van der Waals surface area contributed by atoms with Gasteiger partial charge in [0.2, 0.25) is 5.91 Å². The highest BCUT2D eigenvalue weighted by atomic mass is 16.2. The first-order valence-corrected chi connectivity index (χ1v) is 7.18. The molecular weight excluding hydrogens is 212 g/mol. The molecule has 2 heterocycles. The van der Waals surface area contributed by atoms with Gasteiger partial charge in [-0.1, -0.05) is 19.8 Å². The molecule has 3 heteroatoms. The van der Waals surface area contributed by atoms with Crippen LogP contribution in [0, 0.1) is 5.41 Å². The Balaban J connectivity index is 1.78. The van der Waals surface area contributed by atoms with Gasteiger partial charge in [-0.2, -0.15) is 0 Å². The van der Waals surface area contributed by atoms with E-state index in [1.54, 1.807) is 0 Å². The molecule has 3 fully saturated rings. The van der Waals surface area contributed by atoms with Crippen LogP contribution in [0.5, 0.6) is 0 Å². The molecule has 1 aliphatic carbocycles. The van der Waals surface area contributed by atoms with Crippen LogP contribution < -0.4 is 5.73 Å². The summed E-state index contributed by atoms with van der Waals surface area (Å²) in [6.07, 6.45) is 9.05. The molecule has 0 spiro atoms. The molecule has 17 heavy (non-hydrogen) atoms. The van der Waals surface area contributed by atoms with E-state index in [9.17, 15) is 4.79 Å². The minimum Gasteiger partial charge on any atom is -0.336 e. The Hall–Kier alpha value is -0.570. The predicted octanol–water partition coefficient (Wildman–Crippen LogP) is 2.05. The van der Waals surface area contributed by atoms with E-state index in [1.165, 1.54) is 25.7 Å². The molecular formula is C14H24N2O. The molecule has 2 N–H and O–H groups in total. The number of nitrogens with zero attached hydrogens (tertiary/aromatic N) is 1. The van der Waals surface area contributed by atoms with Crippen molar-refractivity contribution in [3.8, 4) is 0 Å². The third-order valence-electron chi connectivity index (χ3n) is 5.23. The Morgan fingerprint density at radius 3 is 2.24 bits per heavy atom. The number of carbonyl (C=O) groups is 1. The minimum atomic E-state index is -0.0533. The van der Waals surface area contributed by atoms with Crippen LogP contribution in [-0.2, 0) is 4.79 Å². The lowest BCUT2D eigenvalue weighted by Crippen LogP contribution is -2.53. The summed E-state index contributed by atoms with van der Waals surface area (Å²) < 4.78 is 0. The summed E-state index contributed by atoms with van der Waals surface area (Å²) in [5.74, 6) is 0.439. The van der Waals surface area contributed by atoms with Crippen LogP contribution in [0.2, 0.25) is 0 Å². The molecule has 1 amide bonds. The van der Waals surface area contributed by atoms with Gasteiger partial charge in [0.05, 0.1) is 0 Å². The number of carbonyl (C=O) groups excluding carboxylic acids is 1. The molecule has 2 unspecified atom stereocenters. The third kappa shape index (κ3) is 1.79. The van der Waals surface area contributed by atoms with E-state index >= 15 is 0 Å². The summed E-state index contributed by atoms with van der Waals surface area (Å²) in [7, 11) is 0. The first-order valence-electron chi connectivity index (χ1n) is 7.18. The lowest BCUT2D eigenvalue weighted by Gasteiger charge is -2.41. The fraction of sp³-hybridized carbons (Fsp3) is 0.929. The van der Waals surface area contributed by atoms with E-state index in [-0.39, 0.29) is 5.41 Å². The van der Waals surface area contributed by atoms with Crippen LogP contribution in [0.1, 0.15) is 58.3 Å². The molecule has 2 aliphatic heterocycles. The summed E-state index contributed by atoms with van der Waals surface area (Å²) in [4.78, 5) is 15.0. The molecule has 0 aromatic heterocycles. The summed E-state index contributed by atoms with van der Waals surface area (Å²) >= 11 is 0. The van der Waals surface area contributed by atoms with Crippen molar-refractivity contribution in [1.82, 2.24) is 4.90 Å². The molecule has 1 saturated carbocycles. The Morgan fingerprint density at radius 1 is 1.18 bits per heavy atom. The SMILES string of the molecule is CC1(C(=O)N2C3CCC2CC(N)C3)CCCC1. The molecule has 0 aromatic carbocycles. The fourth-order valence-corrected chi connectivity index (χ4v) is 4.23. The van der Waals surface area contributed by atoms with E-state index in [0.29, 0.717) is 24.0 Å². The third-order valence-corrected chi connectivity index (χ3v) is 5.23. The largest absolute Gasteiger partial charge is 0.336 e. The second-order valence-electron chi connectivity index (χ2n) is 6.60.